The van der Waals surface area contributed by atoms with Gasteiger partial charge in [0.1, 0.15) is 36.8 Å². The number of primary amides is 1. The Labute approximate surface area is 610 Å². The highest BCUT2D eigenvalue weighted by Crippen LogP contribution is 2.31. The summed E-state index contributed by atoms with van der Waals surface area (Å²) in [5.41, 5.74) is 7.95. The zero-order valence-electron chi connectivity index (χ0n) is 62.3. The minimum absolute atomic E-state index is 0.00218. The van der Waals surface area contributed by atoms with Gasteiger partial charge in [-0.2, -0.15) is 0 Å². The smallest absolute Gasteiger partial charge is 0.410 e. The fourth-order valence-electron chi connectivity index (χ4n) is 13.1. The topological polar surface area (TPSA) is 364 Å². The van der Waals surface area contributed by atoms with Crippen LogP contribution in [0.2, 0.25) is 0 Å². The molecule has 2 saturated heterocycles. The van der Waals surface area contributed by atoms with Gasteiger partial charge >= 0.3 is 6.09 Å². The molecule has 2 heterocycles. The maximum atomic E-state index is 14.4. The van der Waals surface area contributed by atoms with E-state index in [9.17, 15) is 62.6 Å². The number of hydrogen-bond acceptors (Lipinski definition) is 17. The van der Waals surface area contributed by atoms with Gasteiger partial charge in [-0.3, -0.25) is 62.5 Å². The number of carbonyl (C=O) groups excluding carboxylic acids is 12. The van der Waals surface area contributed by atoms with Crippen LogP contribution < -0.4 is 37.6 Å². The van der Waals surface area contributed by atoms with E-state index in [1.807, 2.05) is 62.4 Å². The highest BCUT2D eigenvalue weighted by molar-refractivity contribution is 8.00. The van der Waals surface area contributed by atoms with Crippen molar-refractivity contribution in [2.24, 2.45) is 29.4 Å². The number of thioether (sulfide) groups is 1. The van der Waals surface area contributed by atoms with Crippen LogP contribution in [0.4, 0.5) is 10.5 Å². The number of benzene rings is 3. The summed E-state index contributed by atoms with van der Waals surface area (Å²) >= 11 is 1.20. The van der Waals surface area contributed by atoms with E-state index in [0.717, 1.165) is 10.5 Å². The zero-order valence-corrected chi connectivity index (χ0v) is 63.1. The molecular formula is C75H111N11O16S. The summed E-state index contributed by atoms with van der Waals surface area (Å²) < 4.78 is 17.6. The number of nitrogens with zero attached hydrogens (tertiary/aromatic N) is 4. The lowest BCUT2D eigenvalue weighted by Crippen LogP contribution is -2.58. The molecule has 1 unspecified atom stereocenters. The van der Waals surface area contributed by atoms with Crippen molar-refractivity contribution in [3.05, 3.63) is 102 Å². The van der Waals surface area contributed by atoms with E-state index in [1.165, 1.54) is 49.8 Å². The number of imide groups is 1. The molecule has 9 N–H and O–H groups in total. The van der Waals surface area contributed by atoms with E-state index >= 15 is 0 Å². The van der Waals surface area contributed by atoms with Crippen LogP contribution in [0.5, 0.6) is 0 Å². The molecule has 0 aliphatic carbocycles. The summed E-state index contributed by atoms with van der Waals surface area (Å²) in [5.74, 6) is -6.20. The van der Waals surface area contributed by atoms with Crippen molar-refractivity contribution in [2.75, 3.05) is 52.5 Å². The summed E-state index contributed by atoms with van der Waals surface area (Å²) in [5, 5.41) is 26.9. The quantitative estimate of drug-likeness (QED) is 0.0255. The second-order valence-electron chi connectivity index (χ2n) is 27.8. The lowest BCUT2D eigenvalue weighted by atomic mass is 9.90. The second kappa shape index (κ2) is 41.7. The van der Waals surface area contributed by atoms with Gasteiger partial charge in [-0.05, 0) is 93.0 Å². The van der Waals surface area contributed by atoms with Gasteiger partial charge in [-0.1, -0.05) is 134 Å². The van der Waals surface area contributed by atoms with Gasteiger partial charge in [0.25, 0.3) is 0 Å². The van der Waals surface area contributed by atoms with E-state index in [2.05, 4.69) is 31.9 Å². The van der Waals surface area contributed by atoms with Gasteiger partial charge < -0.3 is 66.8 Å². The van der Waals surface area contributed by atoms with Gasteiger partial charge in [0.05, 0.1) is 54.0 Å². The number of amides is 12. The Bertz CT molecular complexity index is 3330. The molecule has 0 bridgehead atoms. The number of aliphatic hydroxyl groups excluding tert-OH is 1. The van der Waals surface area contributed by atoms with Gasteiger partial charge in [-0.15, -0.1) is 11.8 Å². The molecule has 28 heteroatoms. The summed E-state index contributed by atoms with van der Waals surface area (Å²) in [7, 11) is 6.04. The molecule has 568 valence electrons. The molecule has 0 aromatic heterocycles. The van der Waals surface area contributed by atoms with Crippen LogP contribution in [0.3, 0.4) is 0 Å². The maximum Gasteiger partial charge on any atom is 0.410 e. The first-order valence-corrected chi connectivity index (χ1v) is 36.8. The molecule has 103 heavy (non-hydrogen) atoms. The van der Waals surface area contributed by atoms with Crippen molar-refractivity contribution in [1.29, 1.82) is 0 Å². The highest BCUT2D eigenvalue weighted by atomic mass is 32.2. The fourth-order valence-corrected chi connectivity index (χ4v) is 14.2. The molecule has 0 spiro atoms. The lowest BCUT2D eigenvalue weighted by molar-refractivity contribution is -0.147. The van der Waals surface area contributed by atoms with Crippen LogP contribution in [0.1, 0.15) is 156 Å². The van der Waals surface area contributed by atoms with E-state index < -0.39 is 125 Å². The Morgan fingerprint density at radius 2 is 1.32 bits per heavy atom. The van der Waals surface area contributed by atoms with Crippen molar-refractivity contribution < 1.29 is 76.9 Å². The molecule has 2 aliphatic rings. The number of hydrogen-bond donors (Lipinski definition) is 8. The Morgan fingerprint density at radius 1 is 0.689 bits per heavy atom. The number of likely N-dealkylation sites (tertiary alicyclic amines) is 2. The Balaban J connectivity index is 1.03. The standard InChI is InChI=1S/C75H111N11O16S/c1-15-46(6)65(57(100-13)41-61(89)85-38-25-30-56(85)67(101-14)47(7)69(93)77-48(8)66(91)53-28-21-17-22-29-53)83(11)73(97)50(10)79-72(96)64(45(4)5)84(12)75(99)102-43-52-32-34-54(35-33-52)80-70(94)49(9)78-71(95)63(44(2)3)82-59(87)31-23-18-24-37-86-62(90)42-58(74(86)98)103-39-36-60(88)81-55(68(76)92)40-51-26-19-16-20-27-51/h16-17,19-22,26-29,32-35,44-50,55-58,63-67,91H,15,18,23-25,30-31,36-43H2,1-14H3,(H2,76,92)(H,77,93)(H,78,95)(H,79,96)(H,80,94)(H,81,88)(H,82,87)/t46-,47+,48+,49-,50-,55+,56-,57+,58?,63-,64-,65-,66+,67+/m0/s1. The molecule has 12 amide bonds. The predicted molar refractivity (Wildman–Crippen MR) is 391 cm³/mol. The number of nitrogens with one attached hydrogen (secondary N) is 6. The summed E-state index contributed by atoms with van der Waals surface area (Å²) in [4.78, 5) is 166. The van der Waals surface area contributed by atoms with Crippen molar-refractivity contribution >= 4 is 88.5 Å². The summed E-state index contributed by atoms with van der Waals surface area (Å²) in [6.45, 7) is 17.9. The van der Waals surface area contributed by atoms with Crippen LogP contribution >= 0.6 is 11.8 Å². The summed E-state index contributed by atoms with van der Waals surface area (Å²) in [6.07, 6.45) is 0.337. The van der Waals surface area contributed by atoms with Crippen LogP contribution in [0, 0.1) is 23.7 Å². The first kappa shape index (κ1) is 85.2. The number of ether oxygens (including phenoxy) is 3. The zero-order chi connectivity index (χ0) is 76.4. The van der Waals surface area contributed by atoms with Crippen LogP contribution in [0.15, 0.2) is 84.9 Å². The lowest BCUT2D eigenvalue weighted by Gasteiger charge is -2.40. The van der Waals surface area contributed by atoms with Crippen LogP contribution in [-0.2, 0) is 80.0 Å². The van der Waals surface area contributed by atoms with Crippen LogP contribution in [0.25, 0.3) is 0 Å². The molecule has 5 rings (SSSR count). The van der Waals surface area contributed by atoms with Crippen molar-refractivity contribution in [1.82, 2.24) is 46.2 Å². The number of aliphatic hydroxyl groups is 1. The molecule has 3 aromatic rings. The number of rotatable bonds is 41. The number of nitrogens with two attached hydrogens (primary N) is 1. The molecule has 27 nitrogen and oxygen atoms in total. The normalized spacial score (nSPS) is 18.0. The number of anilines is 1. The third-order valence-electron chi connectivity index (χ3n) is 19.3. The van der Waals surface area contributed by atoms with Gasteiger partial charge in [0.2, 0.25) is 65.0 Å². The molecule has 0 saturated carbocycles. The molecule has 3 aromatic carbocycles. The Morgan fingerprint density at radius 3 is 1.92 bits per heavy atom. The SMILES string of the molecule is CC[C@H](C)[C@@H]([C@@H](CC(=O)N1CCC[C@H]1[C@H](OC)[C@@H](C)C(=O)N[C@H](C)[C@@H](O)c1ccccc1)OC)N(C)C(=O)[C@H](C)NC(=O)[C@H](C(C)C)N(C)C(=O)OCc1ccc(NC(=O)[C@H](C)NC(=O)[C@@H](NC(=O)CCCCCN2C(=O)CC(SCCC(=O)N[C@H](Cc3ccccc3)C(N)=O)C2=O)C(C)C)cc1. The average molecular weight is 1450 g/mol. The first-order chi connectivity index (χ1) is 48.8. The molecular weight excluding hydrogens is 1340 g/mol. The summed E-state index contributed by atoms with van der Waals surface area (Å²) in [6, 6.07) is 17.9. The van der Waals surface area contributed by atoms with Crippen molar-refractivity contribution in [3.8, 4) is 0 Å². The molecule has 0 radical (unpaired) electrons. The number of likely N-dealkylation sites (N-methyl/N-ethyl adjacent to an activating group) is 2. The second-order valence-corrected chi connectivity index (χ2v) is 29.1. The van der Waals surface area contributed by atoms with E-state index in [4.69, 9.17) is 19.9 Å². The Kier molecular flexibility index (Phi) is 34.5. The third kappa shape index (κ3) is 25.1. The Hall–Kier alpha value is -8.47. The van der Waals surface area contributed by atoms with E-state index in [0.29, 0.717) is 61.9 Å². The van der Waals surface area contributed by atoms with Gasteiger partial charge in [0.15, 0.2) is 0 Å². The first-order valence-electron chi connectivity index (χ1n) is 35.8. The van der Waals surface area contributed by atoms with E-state index in [1.54, 1.807) is 96.8 Å². The van der Waals surface area contributed by atoms with Crippen LogP contribution in [-0.4, -0.2) is 209 Å². The number of methoxy groups -OCH3 is 2. The monoisotopic (exact) mass is 1450 g/mol. The van der Waals surface area contributed by atoms with Gasteiger partial charge in [-0.25, -0.2) is 4.79 Å². The van der Waals surface area contributed by atoms with Gasteiger partial charge in [0, 0.05) is 78.5 Å². The molecule has 2 fully saturated rings. The molecule has 14 atom stereocenters. The minimum atomic E-state index is -1.07. The van der Waals surface area contributed by atoms with Crippen molar-refractivity contribution in [3.63, 3.8) is 0 Å². The predicted octanol–water partition coefficient (Wildman–Crippen LogP) is 5.55. The maximum absolute atomic E-state index is 14.4. The largest absolute Gasteiger partial charge is 0.445 e. The molecule has 2 aliphatic heterocycles. The average Bonchev–Trinajstić information content (AvgIpc) is 1.80. The van der Waals surface area contributed by atoms with Crippen molar-refractivity contribution in [2.45, 2.75) is 218 Å². The number of unbranched alkanes of at least 4 members (excludes halogenated alkanes) is 2. The minimum Gasteiger partial charge on any atom is -0.445 e. The highest BCUT2D eigenvalue weighted by Gasteiger charge is 2.44. The van der Waals surface area contributed by atoms with E-state index in [-0.39, 0.29) is 92.4 Å². The number of carbonyl (C=O) groups is 12. The third-order valence-corrected chi connectivity index (χ3v) is 20.5. The fraction of sp³-hybridized carbons (Fsp3) is 0.600.